The Labute approximate surface area is 128 Å². The van der Waals surface area contributed by atoms with Crippen LogP contribution in [0.15, 0.2) is 0 Å². The van der Waals surface area contributed by atoms with Crippen LogP contribution in [0.3, 0.4) is 0 Å². The van der Waals surface area contributed by atoms with E-state index in [1.807, 2.05) is 11.9 Å². The van der Waals surface area contributed by atoms with Gasteiger partial charge in [0, 0.05) is 33.4 Å². The lowest BCUT2D eigenvalue weighted by Gasteiger charge is -2.39. The van der Waals surface area contributed by atoms with E-state index in [1.54, 1.807) is 0 Å². The van der Waals surface area contributed by atoms with Crippen molar-refractivity contribution in [1.82, 2.24) is 4.90 Å². The minimum Gasteiger partial charge on any atom is -0.381 e. The van der Waals surface area contributed by atoms with Crippen LogP contribution in [0.1, 0.15) is 44.9 Å². The van der Waals surface area contributed by atoms with Crippen LogP contribution in [0.2, 0.25) is 0 Å². The molecule has 1 saturated carbocycles. The third-order valence-electron chi connectivity index (χ3n) is 4.90. The largest absolute Gasteiger partial charge is 0.381 e. The second-order valence-corrected chi connectivity index (χ2v) is 6.29. The van der Waals surface area contributed by atoms with E-state index < -0.39 is 0 Å². The first-order valence-corrected chi connectivity index (χ1v) is 7.71. The van der Waals surface area contributed by atoms with Crippen molar-refractivity contribution in [1.29, 1.82) is 0 Å². The van der Waals surface area contributed by atoms with Crippen molar-refractivity contribution >= 4 is 18.3 Å². The molecule has 1 aliphatic carbocycles. The summed E-state index contributed by atoms with van der Waals surface area (Å²) in [4.78, 5) is 14.7. The highest BCUT2D eigenvalue weighted by Gasteiger charge is 2.40. The van der Waals surface area contributed by atoms with Crippen LogP contribution >= 0.6 is 12.4 Å². The van der Waals surface area contributed by atoms with Crippen molar-refractivity contribution in [2.45, 2.75) is 44.9 Å². The second kappa shape index (κ2) is 8.20. The summed E-state index contributed by atoms with van der Waals surface area (Å²) in [7, 11) is 1.95. The number of halogens is 1. The van der Waals surface area contributed by atoms with Crippen LogP contribution in [0.5, 0.6) is 0 Å². The lowest BCUT2D eigenvalue weighted by molar-refractivity contribution is -0.146. The van der Waals surface area contributed by atoms with Crippen LogP contribution in [0.4, 0.5) is 0 Å². The van der Waals surface area contributed by atoms with Crippen LogP contribution in [0.25, 0.3) is 0 Å². The zero-order valence-electron chi connectivity index (χ0n) is 12.6. The number of hydrogen-bond donors (Lipinski definition) is 1. The fourth-order valence-electron chi connectivity index (χ4n) is 3.51. The zero-order valence-corrected chi connectivity index (χ0v) is 13.4. The maximum absolute atomic E-state index is 12.7. The average Bonchev–Trinajstić information content (AvgIpc) is 2.48. The summed E-state index contributed by atoms with van der Waals surface area (Å²) < 4.78 is 5.38. The first kappa shape index (κ1) is 17.7. The summed E-state index contributed by atoms with van der Waals surface area (Å²) >= 11 is 0. The van der Waals surface area contributed by atoms with E-state index in [0.717, 1.165) is 19.4 Å². The number of rotatable bonds is 4. The number of nitrogens with zero attached hydrogens (tertiary/aromatic N) is 1. The standard InChI is InChI=1S/C15H28N2O2.ClH/c1-17(11-13-5-3-2-4-6-13)14(18)15(12-16)7-9-19-10-8-15;/h13H,2-12,16H2,1H3;1H. The summed E-state index contributed by atoms with van der Waals surface area (Å²) in [6.07, 6.45) is 8.10. The second-order valence-electron chi connectivity index (χ2n) is 6.29. The molecule has 0 radical (unpaired) electrons. The van der Waals surface area contributed by atoms with Crippen LogP contribution in [-0.2, 0) is 9.53 Å². The maximum Gasteiger partial charge on any atom is 0.229 e. The highest BCUT2D eigenvalue weighted by molar-refractivity contribution is 5.85. The first-order valence-electron chi connectivity index (χ1n) is 7.71. The summed E-state index contributed by atoms with van der Waals surface area (Å²) in [6, 6.07) is 0. The van der Waals surface area contributed by atoms with Gasteiger partial charge in [-0.05, 0) is 31.6 Å². The van der Waals surface area contributed by atoms with Gasteiger partial charge in [0.05, 0.1) is 5.41 Å². The minimum atomic E-state index is -0.359. The molecule has 0 aromatic rings. The fourth-order valence-corrected chi connectivity index (χ4v) is 3.51. The molecule has 0 aromatic heterocycles. The van der Waals surface area contributed by atoms with Crippen LogP contribution < -0.4 is 5.73 Å². The van der Waals surface area contributed by atoms with E-state index in [1.165, 1.54) is 32.1 Å². The molecule has 0 aromatic carbocycles. The Morgan fingerprint density at radius 3 is 2.40 bits per heavy atom. The SMILES string of the molecule is CN(CC1CCCCC1)C(=O)C1(CN)CCOCC1.Cl. The molecule has 118 valence electrons. The number of hydrogen-bond acceptors (Lipinski definition) is 3. The molecule has 4 nitrogen and oxygen atoms in total. The molecule has 0 bridgehead atoms. The van der Waals surface area contributed by atoms with Gasteiger partial charge in [-0.1, -0.05) is 19.3 Å². The molecule has 1 aliphatic heterocycles. The minimum absolute atomic E-state index is 0. The van der Waals surface area contributed by atoms with Gasteiger partial charge in [0.15, 0.2) is 0 Å². The Hall–Kier alpha value is -0.320. The van der Waals surface area contributed by atoms with Gasteiger partial charge in [0.2, 0.25) is 5.91 Å². The number of carbonyl (C=O) groups is 1. The Balaban J connectivity index is 0.00000200. The summed E-state index contributed by atoms with van der Waals surface area (Å²) in [5.74, 6) is 0.932. The Kier molecular flexibility index (Phi) is 7.27. The first-order chi connectivity index (χ1) is 9.18. The van der Waals surface area contributed by atoms with Crippen molar-refractivity contribution in [3.05, 3.63) is 0 Å². The summed E-state index contributed by atoms with van der Waals surface area (Å²) in [5.41, 5.74) is 5.55. The van der Waals surface area contributed by atoms with Crippen LogP contribution in [-0.4, -0.2) is 44.2 Å². The third-order valence-corrected chi connectivity index (χ3v) is 4.90. The van der Waals surface area contributed by atoms with E-state index in [2.05, 4.69) is 0 Å². The van der Waals surface area contributed by atoms with Gasteiger partial charge < -0.3 is 15.4 Å². The van der Waals surface area contributed by atoms with Crippen LogP contribution in [0, 0.1) is 11.3 Å². The Morgan fingerprint density at radius 2 is 1.85 bits per heavy atom. The lowest BCUT2D eigenvalue weighted by atomic mass is 9.78. The topological polar surface area (TPSA) is 55.6 Å². The normalized spacial score (nSPS) is 22.9. The third kappa shape index (κ3) is 4.09. The Morgan fingerprint density at radius 1 is 1.25 bits per heavy atom. The van der Waals surface area contributed by atoms with Gasteiger partial charge in [0.25, 0.3) is 0 Å². The smallest absolute Gasteiger partial charge is 0.229 e. The molecule has 1 heterocycles. The molecule has 2 fully saturated rings. The lowest BCUT2D eigenvalue weighted by Crippen LogP contribution is -2.50. The zero-order chi connectivity index (χ0) is 13.7. The summed E-state index contributed by atoms with van der Waals surface area (Å²) in [6.45, 7) is 2.69. The molecule has 1 saturated heterocycles. The predicted octanol–water partition coefficient (Wildman–Crippen LogP) is 2.20. The van der Waals surface area contributed by atoms with Crippen molar-refractivity contribution in [3.8, 4) is 0 Å². The Bertz CT molecular complexity index is 300. The molecular formula is C15H29ClN2O2. The summed E-state index contributed by atoms with van der Waals surface area (Å²) in [5, 5.41) is 0. The maximum atomic E-state index is 12.7. The van der Waals surface area contributed by atoms with Crippen molar-refractivity contribution in [2.24, 2.45) is 17.1 Å². The van der Waals surface area contributed by atoms with E-state index in [4.69, 9.17) is 10.5 Å². The highest BCUT2D eigenvalue weighted by Crippen LogP contribution is 2.32. The molecule has 0 spiro atoms. The van der Waals surface area contributed by atoms with Gasteiger partial charge in [-0.15, -0.1) is 12.4 Å². The molecule has 5 heteroatoms. The molecule has 2 aliphatic rings. The van der Waals surface area contributed by atoms with Gasteiger partial charge in [-0.2, -0.15) is 0 Å². The average molecular weight is 305 g/mol. The molecule has 2 rings (SSSR count). The molecule has 0 unspecified atom stereocenters. The van der Waals surface area contributed by atoms with Crippen molar-refractivity contribution in [2.75, 3.05) is 33.4 Å². The highest BCUT2D eigenvalue weighted by atomic mass is 35.5. The number of carbonyl (C=O) groups excluding carboxylic acids is 1. The van der Waals surface area contributed by atoms with E-state index >= 15 is 0 Å². The molecular weight excluding hydrogens is 276 g/mol. The van der Waals surface area contributed by atoms with E-state index in [-0.39, 0.29) is 23.7 Å². The molecule has 1 amide bonds. The van der Waals surface area contributed by atoms with E-state index in [9.17, 15) is 4.79 Å². The number of amides is 1. The van der Waals surface area contributed by atoms with Crippen molar-refractivity contribution < 1.29 is 9.53 Å². The van der Waals surface area contributed by atoms with Crippen molar-refractivity contribution in [3.63, 3.8) is 0 Å². The van der Waals surface area contributed by atoms with Gasteiger partial charge in [-0.25, -0.2) is 0 Å². The monoisotopic (exact) mass is 304 g/mol. The fraction of sp³-hybridized carbons (Fsp3) is 0.933. The van der Waals surface area contributed by atoms with Gasteiger partial charge >= 0.3 is 0 Å². The van der Waals surface area contributed by atoms with Gasteiger partial charge in [-0.3, -0.25) is 4.79 Å². The predicted molar refractivity (Wildman–Crippen MR) is 83.0 cm³/mol. The van der Waals surface area contributed by atoms with E-state index in [0.29, 0.717) is 25.7 Å². The quantitative estimate of drug-likeness (QED) is 0.866. The number of ether oxygens (including phenoxy) is 1. The molecule has 2 N–H and O–H groups in total. The van der Waals surface area contributed by atoms with Gasteiger partial charge in [0.1, 0.15) is 0 Å². The number of nitrogens with two attached hydrogens (primary N) is 1. The molecule has 0 atom stereocenters. The molecule has 20 heavy (non-hydrogen) atoms.